The molecule has 18 heavy (non-hydrogen) atoms. The van der Waals surface area contributed by atoms with E-state index in [0.717, 1.165) is 28.8 Å². The van der Waals surface area contributed by atoms with Crippen molar-refractivity contribution in [2.75, 3.05) is 6.54 Å². The number of nitrogens with two attached hydrogens (primary N) is 1. The van der Waals surface area contributed by atoms with E-state index in [1.165, 1.54) is 5.56 Å². The summed E-state index contributed by atoms with van der Waals surface area (Å²) in [6.07, 6.45) is 0.781. The summed E-state index contributed by atoms with van der Waals surface area (Å²) >= 11 is 0. The number of aromatic amines is 1. The van der Waals surface area contributed by atoms with Crippen molar-refractivity contribution in [3.05, 3.63) is 54.4 Å². The fraction of sp³-hybridized carbons (Fsp3) is 0.133. The summed E-state index contributed by atoms with van der Waals surface area (Å²) in [5, 5.41) is 0. The highest BCUT2D eigenvalue weighted by Gasteiger charge is 2.07. The first kappa shape index (κ1) is 11.0. The highest BCUT2D eigenvalue weighted by Crippen LogP contribution is 2.26. The SMILES string of the molecule is NCCc1nc2c(-c3ccccc3)cccc2[nH]1. The molecule has 0 aliphatic heterocycles. The van der Waals surface area contributed by atoms with Crippen LogP contribution in [-0.2, 0) is 6.42 Å². The van der Waals surface area contributed by atoms with Crippen molar-refractivity contribution in [2.24, 2.45) is 5.73 Å². The smallest absolute Gasteiger partial charge is 0.108 e. The molecule has 2 aromatic carbocycles. The summed E-state index contributed by atoms with van der Waals surface area (Å²) in [5.74, 6) is 0.955. The van der Waals surface area contributed by atoms with E-state index in [9.17, 15) is 0 Å². The number of benzene rings is 2. The number of H-pyrrole nitrogens is 1. The van der Waals surface area contributed by atoms with Gasteiger partial charge in [0.1, 0.15) is 5.82 Å². The van der Waals surface area contributed by atoms with Crippen molar-refractivity contribution < 1.29 is 0 Å². The van der Waals surface area contributed by atoms with Crippen LogP contribution in [0.5, 0.6) is 0 Å². The molecular formula is C15H15N3. The van der Waals surface area contributed by atoms with Gasteiger partial charge in [0.15, 0.2) is 0 Å². The number of para-hydroxylation sites is 1. The number of aromatic nitrogens is 2. The summed E-state index contributed by atoms with van der Waals surface area (Å²) in [5.41, 5.74) is 10.0. The van der Waals surface area contributed by atoms with Crippen molar-refractivity contribution in [3.63, 3.8) is 0 Å². The monoisotopic (exact) mass is 237 g/mol. The lowest BCUT2D eigenvalue weighted by Gasteiger charge is -2.01. The molecule has 0 fully saturated rings. The molecule has 3 N–H and O–H groups in total. The van der Waals surface area contributed by atoms with E-state index in [-0.39, 0.29) is 0 Å². The van der Waals surface area contributed by atoms with Gasteiger partial charge in [0.2, 0.25) is 0 Å². The summed E-state index contributed by atoms with van der Waals surface area (Å²) < 4.78 is 0. The largest absolute Gasteiger partial charge is 0.342 e. The van der Waals surface area contributed by atoms with Crippen molar-refractivity contribution in [1.29, 1.82) is 0 Å². The lowest BCUT2D eigenvalue weighted by molar-refractivity contribution is 0.900. The zero-order valence-electron chi connectivity index (χ0n) is 10.1. The average Bonchev–Trinajstić information content (AvgIpc) is 2.82. The normalized spacial score (nSPS) is 10.9. The van der Waals surface area contributed by atoms with Gasteiger partial charge in [0.05, 0.1) is 11.0 Å². The van der Waals surface area contributed by atoms with Crippen LogP contribution in [0, 0.1) is 0 Å². The van der Waals surface area contributed by atoms with E-state index < -0.39 is 0 Å². The molecule has 0 radical (unpaired) electrons. The molecule has 0 atom stereocenters. The summed E-state index contributed by atoms with van der Waals surface area (Å²) in [7, 11) is 0. The van der Waals surface area contributed by atoms with Crippen LogP contribution >= 0.6 is 0 Å². The van der Waals surface area contributed by atoms with Gasteiger partial charge in [0, 0.05) is 12.0 Å². The number of hydrogen-bond acceptors (Lipinski definition) is 2. The van der Waals surface area contributed by atoms with E-state index in [2.05, 4.69) is 40.3 Å². The molecule has 1 heterocycles. The highest BCUT2D eigenvalue weighted by molar-refractivity contribution is 5.91. The molecule has 0 spiro atoms. The van der Waals surface area contributed by atoms with Crippen LogP contribution in [0.2, 0.25) is 0 Å². The quantitative estimate of drug-likeness (QED) is 0.736. The van der Waals surface area contributed by atoms with Gasteiger partial charge >= 0.3 is 0 Å². The summed E-state index contributed by atoms with van der Waals surface area (Å²) in [6.45, 7) is 0.612. The third-order valence-electron chi connectivity index (χ3n) is 3.03. The van der Waals surface area contributed by atoms with Crippen molar-refractivity contribution in [1.82, 2.24) is 9.97 Å². The maximum atomic E-state index is 5.57. The minimum Gasteiger partial charge on any atom is -0.342 e. The number of hydrogen-bond donors (Lipinski definition) is 2. The van der Waals surface area contributed by atoms with Crippen molar-refractivity contribution in [2.45, 2.75) is 6.42 Å². The van der Waals surface area contributed by atoms with Crippen molar-refractivity contribution >= 4 is 11.0 Å². The van der Waals surface area contributed by atoms with Crippen LogP contribution in [0.25, 0.3) is 22.2 Å². The Hall–Kier alpha value is -2.13. The van der Waals surface area contributed by atoms with E-state index >= 15 is 0 Å². The lowest BCUT2D eigenvalue weighted by Crippen LogP contribution is -2.03. The first-order valence-corrected chi connectivity index (χ1v) is 6.11. The molecule has 0 bridgehead atoms. The van der Waals surface area contributed by atoms with Gasteiger partial charge in [-0.15, -0.1) is 0 Å². The molecule has 3 aromatic rings. The Morgan fingerprint density at radius 2 is 1.83 bits per heavy atom. The molecule has 3 heteroatoms. The predicted molar refractivity (Wildman–Crippen MR) is 74.3 cm³/mol. The molecule has 1 aromatic heterocycles. The Labute approximate surface area is 106 Å². The molecule has 0 saturated heterocycles. The van der Waals surface area contributed by atoms with E-state index in [1.54, 1.807) is 0 Å². The number of fused-ring (bicyclic) bond motifs is 1. The zero-order chi connectivity index (χ0) is 12.4. The molecule has 0 amide bonds. The lowest BCUT2D eigenvalue weighted by atomic mass is 10.0. The van der Waals surface area contributed by atoms with Gasteiger partial charge in [-0.3, -0.25) is 0 Å². The molecule has 0 aliphatic rings. The first-order chi connectivity index (χ1) is 8.88. The third-order valence-corrected chi connectivity index (χ3v) is 3.03. The number of nitrogens with zero attached hydrogens (tertiary/aromatic N) is 1. The minimum absolute atomic E-state index is 0.612. The van der Waals surface area contributed by atoms with Crippen LogP contribution in [-0.4, -0.2) is 16.5 Å². The molecule has 0 aliphatic carbocycles. The van der Waals surface area contributed by atoms with Crippen LogP contribution < -0.4 is 5.73 Å². The van der Waals surface area contributed by atoms with Crippen LogP contribution in [0.4, 0.5) is 0 Å². The Morgan fingerprint density at radius 3 is 2.61 bits per heavy atom. The molecule has 3 rings (SSSR count). The Kier molecular flexibility index (Phi) is 2.82. The molecule has 0 saturated carbocycles. The first-order valence-electron chi connectivity index (χ1n) is 6.11. The van der Waals surface area contributed by atoms with Crippen molar-refractivity contribution in [3.8, 4) is 11.1 Å². The summed E-state index contributed by atoms with van der Waals surface area (Å²) in [6, 6.07) is 16.5. The Bertz CT molecular complexity index is 656. The van der Waals surface area contributed by atoms with Gasteiger partial charge in [-0.2, -0.15) is 0 Å². The Balaban J connectivity index is 2.17. The van der Waals surface area contributed by atoms with Crippen LogP contribution in [0.3, 0.4) is 0 Å². The maximum absolute atomic E-state index is 5.57. The standard InChI is InChI=1S/C15H15N3/c16-10-9-14-17-13-8-4-7-12(15(13)18-14)11-5-2-1-3-6-11/h1-8H,9-10,16H2,(H,17,18). The third kappa shape index (κ3) is 1.89. The second kappa shape index (κ2) is 4.63. The van der Waals surface area contributed by atoms with Crippen LogP contribution in [0.1, 0.15) is 5.82 Å². The number of imidazole rings is 1. The molecular weight excluding hydrogens is 222 g/mol. The second-order valence-electron chi connectivity index (χ2n) is 4.29. The minimum atomic E-state index is 0.612. The highest BCUT2D eigenvalue weighted by atomic mass is 14.9. The fourth-order valence-electron chi connectivity index (χ4n) is 2.19. The fourth-order valence-corrected chi connectivity index (χ4v) is 2.19. The van der Waals surface area contributed by atoms with Crippen LogP contribution in [0.15, 0.2) is 48.5 Å². The van der Waals surface area contributed by atoms with Gasteiger partial charge in [-0.1, -0.05) is 42.5 Å². The van der Waals surface area contributed by atoms with E-state index in [4.69, 9.17) is 5.73 Å². The molecule has 90 valence electrons. The average molecular weight is 237 g/mol. The summed E-state index contributed by atoms with van der Waals surface area (Å²) in [4.78, 5) is 7.96. The molecule has 0 unspecified atom stereocenters. The predicted octanol–water partition coefficient (Wildman–Crippen LogP) is 2.73. The topological polar surface area (TPSA) is 54.7 Å². The van der Waals surface area contributed by atoms with Gasteiger partial charge in [-0.25, -0.2) is 4.98 Å². The van der Waals surface area contributed by atoms with E-state index in [1.807, 2.05) is 18.2 Å². The molecule has 3 nitrogen and oxygen atoms in total. The number of nitrogens with one attached hydrogen (secondary N) is 1. The van der Waals surface area contributed by atoms with Gasteiger partial charge < -0.3 is 10.7 Å². The van der Waals surface area contributed by atoms with Gasteiger partial charge in [0.25, 0.3) is 0 Å². The Morgan fingerprint density at radius 1 is 1.00 bits per heavy atom. The van der Waals surface area contributed by atoms with Gasteiger partial charge in [-0.05, 0) is 18.2 Å². The van der Waals surface area contributed by atoms with E-state index in [0.29, 0.717) is 6.54 Å². The second-order valence-corrected chi connectivity index (χ2v) is 4.29. The maximum Gasteiger partial charge on any atom is 0.108 e. The number of rotatable bonds is 3. The zero-order valence-corrected chi connectivity index (χ0v) is 10.1.